The topological polar surface area (TPSA) is 32.3 Å². The highest BCUT2D eigenvalue weighted by Crippen LogP contribution is 2.30. The average Bonchev–Trinajstić information content (AvgIpc) is 2.29. The Balaban J connectivity index is 2.22. The molecule has 0 amide bonds. The maximum atomic E-state index is 13.9. The van der Waals surface area contributed by atoms with Crippen LogP contribution in [-0.2, 0) is 6.42 Å². The second-order valence-electron chi connectivity index (χ2n) is 4.85. The van der Waals surface area contributed by atoms with Gasteiger partial charge in [0.1, 0.15) is 5.82 Å². The van der Waals surface area contributed by atoms with E-state index in [0.717, 1.165) is 13.1 Å². The van der Waals surface area contributed by atoms with Gasteiger partial charge < -0.3 is 10.4 Å². The van der Waals surface area contributed by atoms with Crippen molar-refractivity contribution in [2.24, 2.45) is 5.92 Å². The monoisotopic (exact) mass is 301 g/mol. The van der Waals surface area contributed by atoms with Gasteiger partial charge in [0.15, 0.2) is 0 Å². The van der Waals surface area contributed by atoms with Crippen LogP contribution in [0.3, 0.4) is 0 Å². The Morgan fingerprint density at radius 2 is 2.35 bits per heavy atom. The molecule has 1 aromatic rings. The van der Waals surface area contributed by atoms with Gasteiger partial charge in [-0.3, -0.25) is 0 Å². The summed E-state index contributed by atoms with van der Waals surface area (Å²) < 4.78 is 14.3. The molecule has 1 saturated heterocycles. The number of halogens is 2. The largest absolute Gasteiger partial charge is 0.389 e. The first-order valence-corrected chi connectivity index (χ1v) is 6.68. The van der Waals surface area contributed by atoms with Crippen LogP contribution in [0.15, 0.2) is 22.7 Å². The lowest BCUT2D eigenvalue weighted by Gasteiger charge is -2.38. The molecule has 1 heterocycles. The quantitative estimate of drug-likeness (QED) is 0.880. The van der Waals surface area contributed by atoms with Gasteiger partial charge in [-0.1, -0.05) is 19.1 Å². The first-order valence-electron chi connectivity index (χ1n) is 5.89. The molecule has 0 aliphatic carbocycles. The van der Waals surface area contributed by atoms with Crippen molar-refractivity contribution in [1.29, 1.82) is 0 Å². The minimum atomic E-state index is -0.799. The fourth-order valence-corrected chi connectivity index (χ4v) is 2.74. The van der Waals surface area contributed by atoms with Gasteiger partial charge in [0.2, 0.25) is 0 Å². The Hall–Kier alpha value is -0.450. The van der Waals surface area contributed by atoms with E-state index in [-0.39, 0.29) is 11.7 Å². The Morgan fingerprint density at radius 3 is 3.06 bits per heavy atom. The molecule has 0 saturated carbocycles. The lowest BCUT2D eigenvalue weighted by Crippen LogP contribution is -2.50. The molecule has 0 radical (unpaired) electrons. The first-order chi connectivity index (χ1) is 8.03. The highest BCUT2D eigenvalue weighted by atomic mass is 79.9. The van der Waals surface area contributed by atoms with E-state index in [9.17, 15) is 9.50 Å². The van der Waals surface area contributed by atoms with Gasteiger partial charge in [-0.25, -0.2) is 4.39 Å². The van der Waals surface area contributed by atoms with Crippen molar-refractivity contribution < 1.29 is 9.50 Å². The highest BCUT2D eigenvalue weighted by Gasteiger charge is 2.36. The predicted octanol–water partition coefficient (Wildman–Crippen LogP) is 2.49. The zero-order valence-corrected chi connectivity index (χ0v) is 11.4. The van der Waals surface area contributed by atoms with Crippen LogP contribution in [0.2, 0.25) is 0 Å². The Bertz CT molecular complexity index is 412. The predicted molar refractivity (Wildman–Crippen MR) is 69.4 cm³/mol. The molecule has 0 bridgehead atoms. The van der Waals surface area contributed by atoms with Gasteiger partial charge in [-0.2, -0.15) is 0 Å². The summed E-state index contributed by atoms with van der Waals surface area (Å²) in [7, 11) is 0. The number of aliphatic hydroxyl groups is 1. The van der Waals surface area contributed by atoms with Crippen molar-refractivity contribution in [2.45, 2.75) is 25.4 Å². The number of piperidine rings is 1. The minimum absolute atomic E-state index is 0.134. The summed E-state index contributed by atoms with van der Waals surface area (Å²) in [4.78, 5) is 0. The maximum Gasteiger partial charge on any atom is 0.140 e. The molecule has 2 rings (SSSR count). The van der Waals surface area contributed by atoms with Gasteiger partial charge in [0.05, 0.1) is 10.1 Å². The van der Waals surface area contributed by atoms with Crippen molar-refractivity contribution in [3.05, 3.63) is 34.1 Å². The third kappa shape index (κ3) is 2.69. The first kappa shape index (κ1) is 13.0. The Kier molecular flexibility index (Phi) is 3.85. The van der Waals surface area contributed by atoms with Crippen molar-refractivity contribution in [3.63, 3.8) is 0 Å². The number of hydrogen-bond acceptors (Lipinski definition) is 2. The van der Waals surface area contributed by atoms with Crippen LogP contribution in [0.1, 0.15) is 18.9 Å². The molecule has 4 heteroatoms. The normalized spacial score (nSPS) is 29.3. The second kappa shape index (κ2) is 5.04. The van der Waals surface area contributed by atoms with E-state index < -0.39 is 5.60 Å². The Labute approximate surface area is 109 Å². The summed E-state index contributed by atoms with van der Waals surface area (Å²) in [6.07, 6.45) is 1.04. The molecule has 94 valence electrons. The second-order valence-corrected chi connectivity index (χ2v) is 5.70. The molecular formula is C13H17BrFNO. The van der Waals surface area contributed by atoms with Crippen molar-refractivity contribution in [3.8, 4) is 0 Å². The van der Waals surface area contributed by atoms with Crippen molar-refractivity contribution in [2.75, 3.05) is 13.1 Å². The van der Waals surface area contributed by atoms with Crippen LogP contribution in [0.5, 0.6) is 0 Å². The third-order valence-electron chi connectivity index (χ3n) is 3.63. The summed E-state index contributed by atoms with van der Waals surface area (Å²) in [6.45, 7) is 3.57. The zero-order valence-electron chi connectivity index (χ0n) is 9.84. The lowest BCUT2D eigenvalue weighted by atomic mass is 9.78. The van der Waals surface area contributed by atoms with Crippen LogP contribution in [0.25, 0.3) is 0 Å². The molecule has 1 fully saturated rings. The van der Waals surface area contributed by atoms with E-state index in [1.807, 2.05) is 6.92 Å². The number of benzene rings is 1. The van der Waals surface area contributed by atoms with Crippen LogP contribution in [0, 0.1) is 11.7 Å². The number of rotatable bonds is 2. The molecule has 1 aliphatic rings. The summed E-state index contributed by atoms with van der Waals surface area (Å²) in [5.41, 5.74) is -0.219. The SMILES string of the molecule is CC1CNCCC1(O)Cc1cccc(Br)c1F. The van der Waals surface area contributed by atoms with Gasteiger partial charge in [0, 0.05) is 13.0 Å². The third-order valence-corrected chi connectivity index (χ3v) is 4.24. The smallest absolute Gasteiger partial charge is 0.140 e. The van der Waals surface area contributed by atoms with E-state index in [0.29, 0.717) is 22.9 Å². The molecule has 2 nitrogen and oxygen atoms in total. The lowest BCUT2D eigenvalue weighted by molar-refractivity contribution is -0.0335. The van der Waals surface area contributed by atoms with Gasteiger partial charge in [-0.15, -0.1) is 0 Å². The maximum absolute atomic E-state index is 13.9. The molecule has 1 aromatic carbocycles. The molecule has 1 aliphatic heterocycles. The summed E-state index contributed by atoms with van der Waals surface area (Å²) >= 11 is 3.17. The summed E-state index contributed by atoms with van der Waals surface area (Å²) in [5, 5.41) is 13.8. The molecule has 17 heavy (non-hydrogen) atoms. The van der Waals surface area contributed by atoms with Crippen LogP contribution < -0.4 is 5.32 Å². The molecule has 2 N–H and O–H groups in total. The fraction of sp³-hybridized carbons (Fsp3) is 0.538. The molecule has 2 unspecified atom stereocenters. The molecule has 2 atom stereocenters. The average molecular weight is 302 g/mol. The van der Waals surface area contributed by atoms with Gasteiger partial charge in [0.25, 0.3) is 0 Å². The van der Waals surface area contributed by atoms with E-state index in [4.69, 9.17) is 0 Å². The summed E-state index contributed by atoms with van der Waals surface area (Å²) in [5.74, 6) is -0.124. The minimum Gasteiger partial charge on any atom is -0.389 e. The number of hydrogen-bond donors (Lipinski definition) is 2. The van der Waals surface area contributed by atoms with Crippen LogP contribution in [-0.4, -0.2) is 23.8 Å². The standard InChI is InChI=1S/C13H17BrFNO/c1-9-8-16-6-5-13(9,17)7-10-3-2-4-11(14)12(10)15/h2-4,9,16-17H,5-8H2,1H3. The molecule has 0 aromatic heterocycles. The van der Waals surface area contributed by atoms with E-state index >= 15 is 0 Å². The van der Waals surface area contributed by atoms with E-state index in [1.165, 1.54) is 0 Å². The van der Waals surface area contributed by atoms with Gasteiger partial charge in [-0.05, 0) is 46.4 Å². The zero-order chi connectivity index (χ0) is 12.5. The highest BCUT2D eigenvalue weighted by molar-refractivity contribution is 9.10. The van der Waals surface area contributed by atoms with Crippen molar-refractivity contribution in [1.82, 2.24) is 5.32 Å². The van der Waals surface area contributed by atoms with E-state index in [1.54, 1.807) is 18.2 Å². The van der Waals surface area contributed by atoms with Gasteiger partial charge >= 0.3 is 0 Å². The summed E-state index contributed by atoms with van der Waals surface area (Å²) in [6, 6.07) is 5.22. The van der Waals surface area contributed by atoms with E-state index in [2.05, 4.69) is 21.2 Å². The van der Waals surface area contributed by atoms with Crippen molar-refractivity contribution >= 4 is 15.9 Å². The molecule has 0 spiro atoms. The van der Waals surface area contributed by atoms with Crippen LogP contribution in [0.4, 0.5) is 4.39 Å². The Morgan fingerprint density at radius 1 is 1.59 bits per heavy atom. The number of nitrogens with one attached hydrogen (secondary N) is 1. The van der Waals surface area contributed by atoms with Crippen LogP contribution >= 0.6 is 15.9 Å². The fourth-order valence-electron chi connectivity index (χ4n) is 2.34. The molecular weight excluding hydrogens is 285 g/mol.